The highest BCUT2D eigenvalue weighted by atomic mass is 16.7. The van der Waals surface area contributed by atoms with Crippen LogP contribution in [0.5, 0.6) is 0 Å². The van der Waals surface area contributed by atoms with Crippen molar-refractivity contribution in [3.8, 4) is 0 Å². The first kappa shape index (κ1) is 17.4. The molecule has 1 aliphatic rings. The topological polar surface area (TPSA) is 68.2 Å². The van der Waals surface area contributed by atoms with Crippen molar-refractivity contribution in [3.05, 3.63) is 0 Å². The Hall–Kier alpha value is -0.690. The van der Waals surface area contributed by atoms with Gasteiger partial charge in [0.25, 0.3) is 0 Å². The molecule has 1 rings (SSSR count). The van der Waals surface area contributed by atoms with Crippen LogP contribution in [0.2, 0.25) is 0 Å². The zero-order valence-electron chi connectivity index (χ0n) is 12.7. The fraction of sp³-hybridized carbons (Fsp3) is 0.929. The Labute approximate surface area is 121 Å². The van der Waals surface area contributed by atoms with Gasteiger partial charge in [-0.1, -0.05) is 0 Å². The van der Waals surface area contributed by atoms with Gasteiger partial charge in [0.2, 0.25) is 5.91 Å². The lowest BCUT2D eigenvalue weighted by molar-refractivity contribution is -0.148. The molecule has 1 saturated carbocycles. The highest BCUT2D eigenvalue weighted by Crippen LogP contribution is 2.31. The largest absolute Gasteiger partial charge is 0.395 e. The Kier molecular flexibility index (Phi) is 8.06. The molecule has 6 heteroatoms. The molecule has 0 spiro atoms. The van der Waals surface area contributed by atoms with Crippen LogP contribution in [0.4, 0.5) is 0 Å². The smallest absolute Gasteiger partial charge is 0.219 e. The van der Waals surface area contributed by atoms with Crippen LogP contribution < -0.4 is 0 Å². The van der Waals surface area contributed by atoms with Gasteiger partial charge in [0, 0.05) is 33.1 Å². The number of ether oxygens (including phenoxy) is 3. The molecule has 0 radical (unpaired) electrons. The van der Waals surface area contributed by atoms with E-state index in [4.69, 9.17) is 19.3 Å². The molecule has 0 aliphatic heterocycles. The molecule has 0 bridgehead atoms. The van der Waals surface area contributed by atoms with E-state index in [1.54, 1.807) is 4.90 Å². The van der Waals surface area contributed by atoms with Crippen LogP contribution in [0, 0.1) is 0 Å². The highest BCUT2D eigenvalue weighted by Gasteiger charge is 2.43. The molecule has 2 atom stereocenters. The Bertz CT molecular complexity index is 281. The van der Waals surface area contributed by atoms with E-state index < -0.39 is 0 Å². The van der Waals surface area contributed by atoms with Crippen LogP contribution in [0.1, 0.15) is 33.6 Å². The monoisotopic (exact) mass is 289 g/mol. The van der Waals surface area contributed by atoms with E-state index in [9.17, 15) is 4.79 Å². The maximum absolute atomic E-state index is 11.4. The molecule has 6 nitrogen and oxygen atoms in total. The molecule has 0 saturated heterocycles. The average molecular weight is 289 g/mol. The molecule has 0 heterocycles. The maximum Gasteiger partial charge on any atom is 0.219 e. The van der Waals surface area contributed by atoms with Crippen LogP contribution >= 0.6 is 0 Å². The van der Waals surface area contributed by atoms with Crippen molar-refractivity contribution < 1.29 is 24.1 Å². The van der Waals surface area contributed by atoms with Crippen molar-refractivity contribution >= 4 is 5.91 Å². The molecule has 1 amide bonds. The number of amides is 1. The zero-order valence-corrected chi connectivity index (χ0v) is 12.7. The van der Waals surface area contributed by atoms with Gasteiger partial charge in [-0.25, -0.2) is 0 Å². The minimum atomic E-state index is -0.219. The Balaban J connectivity index is 2.22. The lowest BCUT2D eigenvalue weighted by atomic mass is 10.4. The lowest BCUT2D eigenvalue weighted by Crippen LogP contribution is -2.35. The molecule has 2 unspecified atom stereocenters. The highest BCUT2D eigenvalue weighted by molar-refractivity contribution is 5.74. The number of carbonyl (C=O) groups is 1. The summed E-state index contributed by atoms with van der Waals surface area (Å²) in [7, 11) is 0. The number of hydrogen-bond donors (Lipinski definition) is 1. The SMILES string of the molecule is CCOC(CCOC1CC1N(CCO)C(C)=O)OCC. The maximum atomic E-state index is 11.4. The summed E-state index contributed by atoms with van der Waals surface area (Å²) in [6.07, 6.45) is 1.39. The van der Waals surface area contributed by atoms with Gasteiger partial charge in [-0.05, 0) is 20.3 Å². The predicted octanol–water partition coefficient (Wildman–Crippen LogP) is 0.774. The van der Waals surface area contributed by atoms with E-state index in [0.717, 1.165) is 6.42 Å². The number of hydrogen-bond acceptors (Lipinski definition) is 5. The number of rotatable bonds is 11. The minimum absolute atomic E-state index is 0.0143. The van der Waals surface area contributed by atoms with Crippen molar-refractivity contribution in [2.45, 2.75) is 52.0 Å². The summed E-state index contributed by atoms with van der Waals surface area (Å²) in [5.74, 6) is -0.0170. The molecular weight excluding hydrogens is 262 g/mol. The third-order valence-electron chi connectivity index (χ3n) is 3.24. The normalized spacial score (nSPS) is 21.2. The first-order valence-corrected chi connectivity index (χ1v) is 7.36. The fourth-order valence-electron chi connectivity index (χ4n) is 2.23. The van der Waals surface area contributed by atoms with Gasteiger partial charge in [0.1, 0.15) is 0 Å². The summed E-state index contributed by atoms with van der Waals surface area (Å²) in [4.78, 5) is 13.1. The van der Waals surface area contributed by atoms with Gasteiger partial charge in [0.05, 0.1) is 25.4 Å². The molecule has 1 fully saturated rings. The second-order valence-electron chi connectivity index (χ2n) is 4.78. The van der Waals surface area contributed by atoms with Crippen molar-refractivity contribution in [3.63, 3.8) is 0 Å². The van der Waals surface area contributed by atoms with Crippen molar-refractivity contribution in [1.82, 2.24) is 4.90 Å². The summed E-state index contributed by atoms with van der Waals surface area (Å²) in [5, 5.41) is 8.95. The van der Waals surface area contributed by atoms with E-state index >= 15 is 0 Å². The summed E-state index contributed by atoms with van der Waals surface area (Å²) in [6.45, 7) is 7.53. The van der Waals surface area contributed by atoms with Gasteiger partial charge in [0.15, 0.2) is 6.29 Å². The molecule has 0 aromatic carbocycles. The number of carbonyl (C=O) groups excluding carboxylic acids is 1. The van der Waals surface area contributed by atoms with Crippen LogP contribution in [0.3, 0.4) is 0 Å². The molecular formula is C14H27NO5. The van der Waals surface area contributed by atoms with Crippen molar-refractivity contribution in [1.29, 1.82) is 0 Å². The standard InChI is InChI=1S/C14H27NO5/c1-4-18-14(19-5-2)6-9-20-13-10-12(13)15(7-8-16)11(3)17/h12-14,16H,4-10H2,1-3H3. The van der Waals surface area contributed by atoms with E-state index in [0.29, 0.717) is 32.8 Å². The first-order valence-electron chi connectivity index (χ1n) is 7.36. The number of aliphatic hydroxyl groups excluding tert-OH is 1. The lowest BCUT2D eigenvalue weighted by Gasteiger charge is -2.20. The Morgan fingerprint density at radius 2 is 2.00 bits per heavy atom. The van der Waals surface area contributed by atoms with Crippen LogP contribution in [-0.4, -0.2) is 67.3 Å². The summed E-state index contributed by atoms with van der Waals surface area (Å²) in [6, 6.07) is 0.109. The van der Waals surface area contributed by atoms with Gasteiger partial charge in [-0.3, -0.25) is 4.79 Å². The molecule has 118 valence electrons. The zero-order chi connectivity index (χ0) is 15.0. The second-order valence-corrected chi connectivity index (χ2v) is 4.78. The predicted molar refractivity (Wildman–Crippen MR) is 74.3 cm³/mol. The Morgan fingerprint density at radius 3 is 2.50 bits per heavy atom. The Morgan fingerprint density at radius 1 is 1.35 bits per heavy atom. The van der Waals surface area contributed by atoms with Crippen LogP contribution in [0.15, 0.2) is 0 Å². The van der Waals surface area contributed by atoms with Gasteiger partial charge >= 0.3 is 0 Å². The van der Waals surface area contributed by atoms with E-state index in [1.165, 1.54) is 6.92 Å². The third kappa shape index (κ3) is 5.75. The van der Waals surface area contributed by atoms with E-state index in [-0.39, 0.29) is 30.9 Å². The average Bonchev–Trinajstić information content (AvgIpc) is 3.15. The second kappa shape index (κ2) is 9.28. The number of aliphatic hydroxyl groups is 1. The summed E-state index contributed by atoms with van der Waals surface area (Å²) < 4.78 is 16.6. The summed E-state index contributed by atoms with van der Waals surface area (Å²) in [5.41, 5.74) is 0. The molecule has 20 heavy (non-hydrogen) atoms. The quantitative estimate of drug-likeness (QED) is 0.569. The van der Waals surface area contributed by atoms with Gasteiger partial charge in [-0.2, -0.15) is 0 Å². The molecule has 1 N–H and O–H groups in total. The molecule has 0 aromatic heterocycles. The van der Waals surface area contributed by atoms with Crippen LogP contribution in [-0.2, 0) is 19.0 Å². The van der Waals surface area contributed by atoms with Gasteiger partial charge in [-0.15, -0.1) is 0 Å². The van der Waals surface area contributed by atoms with Gasteiger partial charge < -0.3 is 24.2 Å². The fourth-order valence-corrected chi connectivity index (χ4v) is 2.23. The minimum Gasteiger partial charge on any atom is -0.395 e. The third-order valence-corrected chi connectivity index (χ3v) is 3.24. The molecule has 1 aliphatic carbocycles. The van der Waals surface area contributed by atoms with Crippen molar-refractivity contribution in [2.75, 3.05) is 33.0 Å². The van der Waals surface area contributed by atoms with Crippen LogP contribution in [0.25, 0.3) is 0 Å². The molecule has 0 aromatic rings. The number of nitrogens with zero attached hydrogens (tertiary/aromatic N) is 1. The van der Waals surface area contributed by atoms with Crippen molar-refractivity contribution in [2.24, 2.45) is 0 Å². The first-order chi connectivity index (χ1) is 9.63. The van der Waals surface area contributed by atoms with E-state index in [1.807, 2.05) is 13.8 Å². The van der Waals surface area contributed by atoms with E-state index in [2.05, 4.69) is 0 Å². The summed E-state index contributed by atoms with van der Waals surface area (Å²) >= 11 is 0.